The summed E-state index contributed by atoms with van der Waals surface area (Å²) < 4.78 is 2.58. The van der Waals surface area contributed by atoms with Gasteiger partial charge in [-0.3, -0.25) is 0 Å². The topological polar surface area (TPSA) is 25.8 Å². The molecular weight excluding hydrogens is 725 g/mol. The second-order valence-electron chi connectivity index (χ2n) is 11.0. The average Bonchev–Trinajstić information content (AvgIpc) is 3.40. The SMILES string of the molecule is C[Si](C)(C)c1ccc(-c2[c-]cccc2)nc1.[Ir].[c-]1ccccc1-c1cc2sc3c(-c4ccccc4)cccc3c2cn1. The minimum Gasteiger partial charge on any atom is -0.305 e. The van der Waals surface area contributed by atoms with Gasteiger partial charge in [0.25, 0.3) is 0 Å². The number of aromatic nitrogens is 2. The zero-order valence-corrected chi connectivity index (χ0v) is 28.0. The van der Waals surface area contributed by atoms with E-state index in [9.17, 15) is 0 Å². The Balaban J connectivity index is 0.000000181. The number of thiophene rings is 1. The van der Waals surface area contributed by atoms with Crippen molar-refractivity contribution in [3.05, 3.63) is 140 Å². The van der Waals surface area contributed by atoms with Crippen molar-refractivity contribution in [3.63, 3.8) is 0 Å². The van der Waals surface area contributed by atoms with Crippen molar-refractivity contribution in [2.24, 2.45) is 0 Å². The fraction of sp³-hybridized carbons (Fsp3) is 0.0811. The number of hydrogen-bond acceptors (Lipinski definition) is 3. The minimum absolute atomic E-state index is 0. The molecule has 0 N–H and O–H groups in total. The molecule has 0 saturated carbocycles. The van der Waals surface area contributed by atoms with Gasteiger partial charge in [-0.05, 0) is 27.7 Å². The Hall–Kier alpha value is -3.73. The van der Waals surface area contributed by atoms with Crippen LogP contribution in [-0.2, 0) is 20.1 Å². The summed E-state index contributed by atoms with van der Waals surface area (Å²) in [5.74, 6) is 0. The number of pyridine rings is 2. The first-order chi connectivity index (χ1) is 20.0. The number of hydrogen-bond donors (Lipinski definition) is 0. The van der Waals surface area contributed by atoms with Crippen LogP contribution in [0, 0.1) is 12.1 Å². The van der Waals surface area contributed by atoms with Gasteiger partial charge in [-0.15, -0.1) is 83.1 Å². The molecule has 4 aromatic carbocycles. The Morgan fingerprint density at radius 2 is 1.29 bits per heavy atom. The van der Waals surface area contributed by atoms with Crippen LogP contribution in [0.25, 0.3) is 53.8 Å². The van der Waals surface area contributed by atoms with Gasteiger partial charge in [0.2, 0.25) is 0 Å². The molecule has 0 unspecified atom stereocenters. The smallest absolute Gasteiger partial charge is 0.0795 e. The van der Waals surface area contributed by atoms with Gasteiger partial charge in [0.1, 0.15) is 0 Å². The van der Waals surface area contributed by atoms with Crippen molar-refractivity contribution in [1.29, 1.82) is 0 Å². The third-order valence-corrected chi connectivity index (χ3v) is 10.3. The maximum absolute atomic E-state index is 4.68. The van der Waals surface area contributed by atoms with E-state index < -0.39 is 8.07 Å². The molecule has 0 aliphatic carbocycles. The molecule has 5 heteroatoms. The molecule has 209 valence electrons. The van der Waals surface area contributed by atoms with Gasteiger partial charge in [-0.1, -0.05) is 86.4 Å². The maximum Gasteiger partial charge on any atom is 0.0795 e. The largest absolute Gasteiger partial charge is 0.305 e. The molecule has 0 spiro atoms. The summed E-state index contributed by atoms with van der Waals surface area (Å²) in [6, 6.07) is 46.0. The maximum atomic E-state index is 4.68. The third-order valence-electron chi connectivity index (χ3n) is 7.07. The van der Waals surface area contributed by atoms with E-state index in [1.165, 1.54) is 36.5 Å². The van der Waals surface area contributed by atoms with Crippen LogP contribution in [0.1, 0.15) is 0 Å². The standard InChI is InChI=1S/C23H14NS.C14H16NSi.Ir/c1-3-8-16(9-4-1)18-12-7-13-19-20-15-24-21(14-22(20)25-23(18)19)17-10-5-2-6-11-17;1-16(2,3)13-9-10-14(15-11-13)12-7-5-4-6-8-12;/h1-10,12-15H;4-7,9-11H,1-3H3;/q2*-1;. The van der Waals surface area contributed by atoms with E-state index >= 15 is 0 Å². The van der Waals surface area contributed by atoms with Gasteiger partial charge in [0, 0.05) is 52.7 Å². The van der Waals surface area contributed by atoms with E-state index in [0.717, 1.165) is 22.5 Å². The Labute approximate surface area is 266 Å². The van der Waals surface area contributed by atoms with E-state index in [4.69, 9.17) is 0 Å². The van der Waals surface area contributed by atoms with Crippen molar-refractivity contribution in [2.45, 2.75) is 19.6 Å². The summed E-state index contributed by atoms with van der Waals surface area (Å²) in [4.78, 5) is 9.20. The molecule has 7 aromatic rings. The Kier molecular flexibility index (Phi) is 9.25. The van der Waals surface area contributed by atoms with Crippen LogP contribution < -0.4 is 5.19 Å². The second-order valence-corrected chi connectivity index (χ2v) is 17.1. The summed E-state index contributed by atoms with van der Waals surface area (Å²) in [5, 5.41) is 3.89. The summed E-state index contributed by atoms with van der Waals surface area (Å²) in [7, 11) is -1.23. The molecule has 0 atom stereocenters. The fourth-order valence-electron chi connectivity index (χ4n) is 4.79. The number of nitrogens with zero attached hydrogens (tertiary/aromatic N) is 2. The van der Waals surface area contributed by atoms with Crippen molar-refractivity contribution >= 4 is 44.8 Å². The van der Waals surface area contributed by atoms with E-state index in [-0.39, 0.29) is 20.1 Å². The van der Waals surface area contributed by atoms with Crippen molar-refractivity contribution in [2.75, 3.05) is 0 Å². The molecule has 0 aliphatic rings. The van der Waals surface area contributed by atoms with Gasteiger partial charge in [-0.2, -0.15) is 0 Å². The number of fused-ring (bicyclic) bond motifs is 3. The predicted octanol–water partition coefficient (Wildman–Crippen LogP) is 9.68. The Morgan fingerprint density at radius 3 is 1.90 bits per heavy atom. The van der Waals surface area contributed by atoms with Crippen LogP contribution in [-0.4, -0.2) is 18.0 Å². The van der Waals surface area contributed by atoms with Gasteiger partial charge in [0.05, 0.1) is 8.07 Å². The zero-order chi connectivity index (χ0) is 28.2. The second kappa shape index (κ2) is 13.1. The van der Waals surface area contributed by atoms with E-state index in [2.05, 4.69) is 115 Å². The summed E-state index contributed by atoms with van der Waals surface area (Å²) in [6.45, 7) is 7.00. The van der Waals surface area contributed by atoms with Crippen LogP contribution in [0.4, 0.5) is 0 Å². The Morgan fingerprint density at radius 1 is 0.619 bits per heavy atom. The van der Waals surface area contributed by atoms with Crippen LogP contribution in [0.2, 0.25) is 19.6 Å². The first-order valence-electron chi connectivity index (χ1n) is 13.7. The minimum atomic E-state index is -1.23. The molecule has 42 heavy (non-hydrogen) atoms. The molecule has 0 bridgehead atoms. The average molecular weight is 755 g/mol. The van der Waals surface area contributed by atoms with Gasteiger partial charge >= 0.3 is 0 Å². The summed E-state index contributed by atoms with van der Waals surface area (Å²) in [6.07, 6.45) is 4.02. The van der Waals surface area contributed by atoms with Crippen LogP contribution in [0.15, 0.2) is 128 Å². The van der Waals surface area contributed by atoms with Crippen LogP contribution in [0.3, 0.4) is 0 Å². The monoisotopic (exact) mass is 755 g/mol. The van der Waals surface area contributed by atoms with Crippen LogP contribution >= 0.6 is 11.3 Å². The zero-order valence-electron chi connectivity index (χ0n) is 23.8. The van der Waals surface area contributed by atoms with E-state index in [1.807, 2.05) is 66.2 Å². The molecule has 0 fully saturated rings. The molecule has 0 saturated heterocycles. The van der Waals surface area contributed by atoms with Crippen molar-refractivity contribution in [1.82, 2.24) is 9.97 Å². The molecule has 3 aromatic heterocycles. The molecular formula is C37H30IrN2SSi-2. The number of benzene rings is 4. The quantitative estimate of drug-likeness (QED) is 0.132. The summed E-state index contributed by atoms with van der Waals surface area (Å²) in [5.41, 5.74) is 6.61. The molecule has 1 radical (unpaired) electrons. The fourth-order valence-corrected chi connectivity index (χ4v) is 7.07. The van der Waals surface area contributed by atoms with Crippen molar-refractivity contribution < 1.29 is 20.1 Å². The van der Waals surface area contributed by atoms with Gasteiger partial charge < -0.3 is 9.97 Å². The van der Waals surface area contributed by atoms with E-state index in [0.29, 0.717) is 0 Å². The van der Waals surface area contributed by atoms with E-state index in [1.54, 1.807) is 0 Å². The number of rotatable bonds is 4. The molecule has 2 nitrogen and oxygen atoms in total. The first-order valence-corrected chi connectivity index (χ1v) is 18.1. The molecule has 3 heterocycles. The third kappa shape index (κ3) is 6.51. The molecule has 7 rings (SSSR count). The molecule has 0 amide bonds. The predicted molar refractivity (Wildman–Crippen MR) is 178 cm³/mol. The van der Waals surface area contributed by atoms with Gasteiger partial charge in [0.15, 0.2) is 0 Å². The van der Waals surface area contributed by atoms with Crippen LogP contribution in [0.5, 0.6) is 0 Å². The Bertz CT molecular complexity index is 1900. The van der Waals surface area contributed by atoms with Crippen molar-refractivity contribution in [3.8, 4) is 33.6 Å². The molecule has 0 aliphatic heterocycles. The van der Waals surface area contributed by atoms with Gasteiger partial charge in [-0.25, -0.2) is 0 Å². The normalized spacial score (nSPS) is 11.0. The summed E-state index contributed by atoms with van der Waals surface area (Å²) >= 11 is 1.84. The first kappa shape index (κ1) is 29.7.